The van der Waals surface area contributed by atoms with Gasteiger partial charge in [0.2, 0.25) is 0 Å². The Kier molecular flexibility index (Phi) is 3.35. The van der Waals surface area contributed by atoms with Crippen molar-refractivity contribution in [2.24, 2.45) is 0 Å². The molecule has 17 heavy (non-hydrogen) atoms. The average molecular weight is 252 g/mol. The number of aliphatic carboxylic acids is 1. The lowest BCUT2D eigenvalue weighted by Gasteiger charge is -2.36. The molecule has 0 aromatic heterocycles. The predicted octanol–water partition coefficient (Wildman–Crippen LogP) is 1.27. The Balaban J connectivity index is 3.33. The molecule has 0 spiro atoms. The van der Waals surface area contributed by atoms with E-state index in [2.05, 4.69) is 4.74 Å². The third kappa shape index (κ3) is 2.50. The maximum Gasteiger partial charge on any atom is 0.415 e. The van der Waals surface area contributed by atoms with Crippen LogP contribution in [0.5, 0.6) is 0 Å². The number of methoxy groups -OCH3 is 1. The van der Waals surface area contributed by atoms with E-state index in [1.807, 2.05) is 0 Å². The maximum atomic E-state index is 12.7. The van der Waals surface area contributed by atoms with E-state index in [1.165, 1.54) is 0 Å². The molecule has 4 nitrogen and oxygen atoms in total. The van der Waals surface area contributed by atoms with E-state index in [0.29, 0.717) is 6.08 Å². The highest BCUT2D eigenvalue weighted by molar-refractivity contribution is 5.90. The van der Waals surface area contributed by atoms with Gasteiger partial charge in [-0.15, -0.1) is 0 Å². The minimum absolute atomic E-state index is 0.415. The Bertz CT molecular complexity index is 393. The summed E-state index contributed by atoms with van der Waals surface area (Å²) in [4.78, 5) is 10.7. The second-order valence-electron chi connectivity index (χ2n) is 3.79. The van der Waals surface area contributed by atoms with E-state index >= 15 is 0 Å². The fraction of sp³-hybridized carbons (Fsp3) is 0.500. The lowest BCUT2D eigenvalue weighted by atomic mass is 9.82. The zero-order chi connectivity index (χ0) is 13.4. The molecule has 0 fully saturated rings. The maximum absolute atomic E-state index is 12.7. The fourth-order valence-corrected chi connectivity index (χ4v) is 1.63. The lowest BCUT2D eigenvalue weighted by molar-refractivity contribution is -0.138. The van der Waals surface area contributed by atoms with Crippen molar-refractivity contribution in [2.75, 3.05) is 7.11 Å². The first-order chi connectivity index (χ1) is 7.60. The third-order valence-corrected chi connectivity index (χ3v) is 2.54. The van der Waals surface area contributed by atoms with E-state index in [1.54, 1.807) is 0 Å². The Morgan fingerprint density at radius 2 is 2.06 bits per heavy atom. The van der Waals surface area contributed by atoms with Crippen molar-refractivity contribution in [3.05, 3.63) is 23.3 Å². The molecule has 2 atom stereocenters. The van der Waals surface area contributed by atoms with Crippen molar-refractivity contribution in [2.45, 2.75) is 24.8 Å². The van der Waals surface area contributed by atoms with Crippen LogP contribution >= 0.6 is 0 Å². The van der Waals surface area contributed by atoms with Crippen LogP contribution in [0.4, 0.5) is 13.2 Å². The summed E-state index contributed by atoms with van der Waals surface area (Å²) in [6.45, 7) is 0.926. The summed E-state index contributed by atoms with van der Waals surface area (Å²) >= 11 is 0. The van der Waals surface area contributed by atoms with Crippen LogP contribution in [0.3, 0.4) is 0 Å². The molecule has 0 aliphatic heterocycles. The molecule has 7 heteroatoms. The molecule has 0 heterocycles. The van der Waals surface area contributed by atoms with Crippen LogP contribution in [0.1, 0.15) is 6.92 Å². The van der Waals surface area contributed by atoms with Gasteiger partial charge in [0.05, 0.1) is 11.1 Å². The zero-order valence-corrected chi connectivity index (χ0v) is 9.08. The van der Waals surface area contributed by atoms with Gasteiger partial charge in [0, 0.05) is 7.11 Å². The molecule has 0 amide bonds. The second kappa shape index (κ2) is 4.15. The van der Waals surface area contributed by atoms with E-state index < -0.39 is 35.0 Å². The summed E-state index contributed by atoms with van der Waals surface area (Å²) in [5.74, 6) is -1.51. The molecule has 96 valence electrons. The summed E-state index contributed by atoms with van der Waals surface area (Å²) in [5, 5.41) is 18.5. The van der Waals surface area contributed by atoms with E-state index in [-0.39, 0.29) is 0 Å². The summed E-state index contributed by atoms with van der Waals surface area (Å²) in [6, 6.07) is 0. The number of aliphatic hydroxyl groups is 1. The monoisotopic (exact) mass is 252 g/mol. The number of carboxylic acids is 1. The molecule has 1 aliphatic carbocycles. The van der Waals surface area contributed by atoms with Crippen LogP contribution in [-0.4, -0.2) is 41.2 Å². The molecule has 0 bridgehead atoms. The van der Waals surface area contributed by atoms with Gasteiger partial charge < -0.3 is 14.9 Å². The first-order valence-electron chi connectivity index (χ1n) is 4.60. The highest BCUT2D eigenvalue weighted by atomic mass is 19.4. The van der Waals surface area contributed by atoms with Crippen LogP contribution in [0.25, 0.3) is 0 Å². The fourth-order valence-electron chi connectivity index (χ4n) is 1.63. The van der Waals surface area contributed by atoms with Crippen LogP contribution < -0.4 is 0 Å². The molecule has 0 saturated heterocycles. The first-order valence-corrected chi connectivity index (χ1v) is 4.60. The number of rotatable bonds is 2. The number of hydrogen-bond donors (Lipinski definition) is 2. The van der Waals surface area contributed by atoms with Gasteiger partial charge in [-0.25, -0.2) is 4.79 Å². The van der Waals surface area contributed by atoms with Crippen molar-refractivity contribution in [3.8, 4) is 0 Å². The number of alkyl halides is 3. The van der Waals surface area contributed by atoms with Crippen LogP contribution in [0.15, 0.2) is 23.3 Å². The SMILES string of the molecule is COC1C=C(C(=O)O)C=C(C(F)(F)F)C1(C)O. The topological polar surface area (TPSA) is 66.8 Å². The molecule has 2 N–H and O–H groups in total. The Morgan fingerprint density at radius 3 is 2.41 bits per heavy atom. The Morgan fingerprint density at radius 1 is 1.53 bits per heavy atom. The largest absolute Gasteiger partial charge is 0.478 e. The van der Waals surface area contributed by atoms with E-state index in [9.17, 15) is 23.1 Å². The summed E-state index contributed by atoms with van der Waals surface area (Å²) in [6.07, 6.45) is -4.83. The zero-order valence-electron chi connectivity index (χ0n) is 9.08. The smallest absolute Gasteiger partial charge is 0.415 e. The van der Waals surface area contributed by atoms with Crippen molar-refractivity contribution >= 4 is 5.97 Å². The molecular weight excluding hydrogens is 241 g/mol. The lowest BCUT2D eigenvalue weighted by Crippen LogP contribution is -2.48. The number of halogens is 3. The van der Waals surface area contributed by atoms with Crippen LogP contribution in [0, 0.1) is 0 Å². The molecule has 1 aliphatic rings. The van der Waals surface area contributed by atoms with Gasteiger partial charge in [-0.2, -0.15) is 13.2 Å². The average Bonchev–Trinajstić information content (AvgIpc) is 2.14. The van der Waals surface area contributed by atoms with Crippen molar-refractivity contribution in [3.63, 3.8) is 0 Å². The third-order valence-electron chi connectivity index (χ3n) is 2.54. The highest BCUT2D eigenvalue weighted by Gasteiger charge is 2.50. The van der Waals surface area contributed by atoms with Gasteiger partial charge in [-0.3, -0.25) is 0 Å². The van der Waals surface area contributed by atoms with Crippen molar-refractivity contribution in [1.29, 1.82) is 0 Å². The second-order valence-corrected chi connectivity index (χ2v) is 3.79. The normalized spacial score (nSPS) is 29.6. The summed E-state index contributed by atoms with van der Waals surface area (Å²) in [7, 11) is 1.09. The van der Waals surface area contributed by atoms with Crippen molar-refractivity contribution in [1.82, 2.24) is 0 Å². The minimum atomic E-state index is -4.82. The molecule has 0 saturated carbocycles. The first kappa shape index (κ1) is 13.7. The number of carboxylic acid groups (broad SMARTS) is 1. The summed E-state index contributed by atoms with van der Waals surface area (Å²) in [5.41, 5.74) is -4.21. The minimum Gasteiger partial charge on any atom is -0.478 e. The Hall–Kier alpha value is -1.34. The quantitative estimate of drug-likeness (QED) is 0.776. The number of hydrogen-bond acceptors (Lipinski definition) is 3. The molecular formula is C10H11F3O4. The van der Waals surface area contributed by atoms with Crippen LogP contribution in [0.2, 0.25) is 0 Å². The standard InChI is InChI=1S/C10H11F3O4/c1-9(16)6(10(11,12)13)3-5(8(14)15)4-7(9)17-2/h3-4,7,16H,1-2H3,(H,14,15). The van der Waals surface area contributed by atoms with Crippen LogP contribution in [-0.2, 0) is 9.53 Å². The van der Waals surface area contributed by atoms with Gasteiger partial charge in [0.1, 0.15) is 11.7 Å². The van der Waals surface area contributed by atoms with E-state index in [0.717, 1.165) is 20.1 Å². The van der Waals surface area contributed by atoms with Gasteiger partial charge in [-0.05, 0) is 19.1 Å². The highest BCUT2D eigenvalue weighted by Crippen LogP contribution is 2.40. The molecule has 0 radical (unpaired) electrons. The molecule has 0 aromatic rings. The molecule has 2 unspecified atom stereocenters. The molecule has 1 rings (SSSR count). The van der Waals surface area contributed by atoms with Gasteiger partial charge >= 0.3 is 12.1 Å². The number of ether oxygens (including phenoxy) is 1. The Labute approximate surface area is 95.0 Å². The summed E-state index contributed by atoms with van der Waals surface area (Å²) < 4.78 is 42.7. The van der Waals surface area contributed by atoms with Gasteiger partial charge in [0.15, 0.2) is 0 Å². The van der Waals surface area contributed by atoms with Crippen molar-refractivity contribution < 1.29 is 32.9 Å². The van der Waals surface area contributed by atoms with E-state index in [4.69, 9.17) is 5.11 Å². The predicted molar refractivity (Wildman–Crippen MR) is 51.3 cm³/mol. The molecule has 0 aromatic carbocycles. The van der Waals surface area contributed by atoms with Gasteiger partial charge in [-0.1, -0.05) is 0 Å². The number of carbonyl (C=O) groups is 1. The van der Waals surface area contributed by atoms with Gasteiger partial charge in [0.25, 0.3) is 0 Å².